The van der Waals surface area contributed by atoms with Gasteiger partial charge < -0.3 is 0 Å². The molecule has 5 rings (SSSR count). The predicted molar refractivity (Wildman–Crippen MR) is 125 cm³/mol. The number of nitrogens with one attached hydrogen (secondary N) is 2. The van der Waals surface area contributed by atoms with Crippen molar-refractivity contribution in [3.8, 4) is 21.1 Å². The molecule has 0 amide bonds. The summed E-state index contributed by atoms with van der Waals surface area (Å²) < 4.78 is 0. The lowest BCUT2D eigenvalue weighted by Crippen LogP contribution is -2.12. The molecular weight excluding hydrogens is 390 g/mol. The number of anilines is 2. The number of aromatic nitrogens is 3. The predicted octanol–water partition coefficient (Wildman–Crippen LogP) is 6.17. The first kappa shape index (κ1) is 18.3. The van der Waals surface area contributed by atoms with Gasteiger partial charge in [0.05, 0.1) is 27.3 Å². The zero-order chi connectivity index (χ0) is 20.3. The summed E-state index contributed by atoms with van der Waals surface area (Å²) >= 11 is 1.63. The van der Waals surface area contributed by atoms with Gasteiger partial charge in [0.1, 0.15) is 10.7 Å². The Morgan fingerprint density at radius 1 is 0.667 bits per heavy atom. The zero-order valence-corrected chi connectivity index (χ0v) is 17.1. The van der Waals surface area contributed by atoms with Crippen molar-refractivity contribution >= 4 is 33.9 Å². The van der Waals surface area contributed by atoms with Crippen molar-refractivity contribution in [3.05, 3.63) is 90.6 Å². The van der Waals surface area contributed by atoms with Crippen LogP contribution < -0.4 is 10.9 Å². The molecule has 0 aliphatic carbocycles. The van der Waals surface area contributed by atoms with E-state index in [2.05, 4.69) is 23.0 Å². The first-order chi connectivity index (χ1) is 14.8. The van der Waals surface area contributed by atoms with Crippen LogP contribution >= 0.6 is 11.3 Å². The Balaban J connectivity index is 1.60. The van der Waals surface area contributed by atoms with Crippen LogP contribution in [0.15, 0.2) is 84.9 Å². The second-order valence-corrected chi connectivity index (χ2v) is 7.82. The Kier molecular flexibility index (Phi) is 4.83. The van der Waals surface area contributed by atoms with E-state index in [0.717, 1.165) is 43.6 Å². The first-order valence-corrected chi connectivity index (χ1v) is 10.5. The Bertz CT molecular complexity index is 1300. The van der Waals surface area contributed by atoms with Gasteiger partial charge in [-0.05, 0) is 31.2 Å². The van der Waals surface area contributed by atoms with E-state index >= 15 is 0 Å². The maximum absolute atomic E-state index is 4.93. The van der Waals surface area contributed by atoms with Gasteiger partial charge in [0.15, 0.2) is 5.82 Å². The molecule has 146 valence electrons. The molecule has 0 aliphatic rings. The number of hydrogen-bond donors (Lipinski definition) is 2. The first-order valence-electron chi connectivity index (χ1n) is 9.65. The van der Waals surface area contributed by atoms with E-state index in [1.54, 1.807) is 11.3 Å². The summed E-state index contributed by atoms with van der Waals surface area (Å²) in [4.78, 5) is 15.6. The van der Waals surface area contributed by atoms with Crippen LogP contribution in [0, 0.1) is 6.92 Å². The Hall–Kier alpha value is -3.77. The van der Waals surface area contributed by atoms with Gasteiger partial charge in [-0.3, -0.25) is 10.9 Å². The van der Waals surface area contributed by atoms with Crippen molar-refractivity contribution in [2.75, 3.05) is 10.9 Å². The highest BCUT2D eigenvalue weighted by atomic mass is 32.1. The summed E-state index contributed by atoms with van der Waals surface area (Å²) in [6.07, 6.45) is 0. The highest BCUT2D eigenvalue weighted by Crippen LogP contribution is 2.37. The number of rotatable bonds is 5. The number of para-hydroxylation sites is 3. The third kappa shape index (κ3) is 3.60. The third-order valence-electron chi connectivity index (χ3n) is 4.70. The van der Waals surface area contributed by atoms with E-state index < -0.39 is 0 Å². The number of hydrogen-bond acceptors (Lipinski definition) is 6. The van der Waals surface area contributed by atoms with Crippen molar-refractivity contribution in [2.24, 2.45) is 0 Å². The molecule has 0 atom stereocenters. The lowest BCUT2D eigenvalue weighted by atomic mass is 10.2. The van der Waals surface area contributed by atoms with Crippen molar-refractivity contribution in [1.82, 2.24) is 15.0 Å². The van der Waals surface area contributed by atoms with Gasteiger partial charge in [-0.1, -0.05) is 60.7 Å². The van der Waals surface area contributed by atoms with Crippen LogP contribution in [0.25, 0.3) is 32.2 Å². The number of thiazole rings is 1. The molecule has 0 radical (unpaired) electrons. The van der Waals surface area contributed by atoms with Crippen LogP contribution in [-0.2, 0) is 0 Å². The summed E-state index contributed by atoms with van der Waals surface area (Å²) in [6.45, 7) is 2.02. The molecule has 0 saturated heterocycles. The quantitative estimate of drug-likeness (QED) is 0.340. The molecule has 0 saturated carbocycles. The van der Waals surface area contributed by atoms with Crippen LogP contribution in [0.3, 0.4) is 0 Å². The molecule has 0 unspecified atom stereocenters. The lowest BCUT2D eigenvalue weighted by molar-refractivity contribution is 1.22. The average Bonchev–Trinajstić information content (AvgIpc) is 3.20. The number of fused-ring (bicyclic) bond motifs is 1. The second-order valence-electron chi connectivity index (χ2n) is 6.83. The van der Waals surface area contributed by atoms with Gasteiger partial charge in [0.2, 0.25) is 0 Å². The maximum atomic E-state index is 4.93. The van der Waals surface area contributed by atoms with E-state index in [0.29, 0.717) is 5.82 Å². The lowest BCUT2D eigenvalue weighted by Gasteiger charge is -2.13. The minimum Gasteiger partial charge on any atom is -0.300 e. The number of benzene rings is 3. The highest BCUT2D eigenvalue weighted by molar-refractivity contribution is 7.18. The van der Waals surface area contributed by atoms with Gasteiger partial charge >= 0.3 is 0 Å². The van der Waals surface area contributed by atoms with Crippen LogP contribution in [0.5, 0.6) is 0 Å². The third-order valence-corrected chi connectivity index (χ3v) is 5.92. The minimum atomic E-state index is 0.670. The molecular formula is C24H19N5S. The molecule has 0 bridgehead atoms. The van der Waals surface area contributed by atoms with E-state index in [1.165, 1.54) is 0 Å². The van der Waals surface area contributed by atoms with Gasteiger partial charge in [-0.2, -0.15) is 0 Å². The van der Waals surface area contributed by atoms with E-state index in [1.807, 2.05) is 79.7 Å². The van der Waals surface area contributed by atoms with Crippen LogP contribution in [-0.4, -0.2) is 15.0 Å². The molecule has 0 spiro atoms. The van der Waals surface area contributed by atoms with Gasteiger partial charge in [0, 0.05) is 5.56 Å². The van der Waals surface area contributed by atoms with E-state index in [-0.39, 0.29) is 0 Å². The fraction of sp³-hybridized carbons (Fsp3) is 0.0417. The Morgan fingerprint density at radius 3 is 2.03 bits per heavy atom. The fourth-order valence-corrected chi connectivity index (χ4v) is 4.28. The second kappa shape index (κ2) is 7.93. The van der Waals surface area contributed by atoms with Crippen LogP contribution in [0.4, 0.5) is 11.5 Å². The molecule has 2 aromatic heterocycles. The molecule has 5 aromatic rings. The number of nitrogens with zero attached hydrogens (tertiary/aromatic N) is 3. The fourth-order valence-electron chi connectivity index (χ4n) is 3.22. The molecule has 0 aliphatic heterocycles. The highest BCUT2D eigenvalue weighted by Gasteiger charge is 2.18. The maximum Gasteiger partial charge on any atom is 0.172 e. The normalized spacial score (nSPS) is 10.8. The topological polar surface area (TPSA) is 62.7 Å². The SMILES string of the molecule is Cc1nc(-c2ccccc2)sc1-c1nc2ccccc2nc1NNc1ccccc1. The van der Waals surface area contributed by atoms with E-state index in [9.17, 15) is 0 Å². The number of hydrazine groups is 1. The molecule has 2 heterocycles. The number of aryl methyl sites for hydroxylation is 1. The smallest absolute Gasteiger partial charge is 0.172 e. The van der Waals surface area contributed by atoms with Crippen molar-refractivity contribution in [3.63, 3.8) is 0 Å². The van der Waals surface area contributed by atoms with Crippen LogP contribution in [0.1, 0.15) is 5.69 Å². The monoisotopic (exact) mass is 409 g/mol. The van der Waals surface area contributed by atoms with Gasteiger partial charge in [-0.25, -0.2) is 15.0 Å². The summed E-state index contributed by atoms with van der Waals surface area (Å²) in [6, 6.07) is 28.0. The van der Waals surface area contributed by atoms with Crippen molar-refractivity contribution in [2.45, 2.75) is 6.92 Å². The molecule has 30 heavy (non-hydrogen) atoms. The van der Waals surface area contributed by atoms with Crippen molar-refractivity contribution in [1.29, 1.82) is 0 Å². The van der Waals surface area contributed by atoms with E-state index in [4.69, 9.17) is 15.0 Å². The molecule has 2 N–H and O–H groups in total. The summed E-state index contributed by atoms with van der Waals surface area (Å²) in [7, 11) is 0. The summed E-state index contributed by atoms with van der Waals surface area (Å²) in [5.74, 6) is 0.670. The largest absolute Gasteiger partial charge is 0.300 e. The molecule has 3 aromatic carbocycles. The van der Waals surface area contributed by atoms with Gasteiger partial charge in [0.25, 0.3) is 0 Å². The van der Waals surface area contributed by atoms with Crippen LogP contribution in [0.2, 0.25) is 0 Å². The minimum absolute atomic E-state index is 0.670. The Morgan fingerprint density at radius 2 is 1.30 bits per heavy atom. The summed E-state index contributed by atoms with van der Waals surface area (Å²) in [5, 5.41) is 0.972. The molecule has 0 fully saturated rings. The van der Waals surface area contributed by atoms with Crippen molar-refractivity contribution < 1.29 is 0 Å². The molecule has 6 heteroatoms. The summed E-state index contributed by atoms with van der Waals surface area (Å²) in [5.41, 5.74) is 11.9. The molecule has 5 nitrogen and oxygen atoms in total. The standard InChI is InChI=1S/C24H19N5S/c1-16-22(30-24(25-16)17-10-4-2-5-11-17)21-23(29-28-18-12-6-3-7-13-18)27-20-15-9-8-14-19(20)26-21/h2-15,28H,1H3,(H,27,29). The van der Waals surface area contributed by atoms with Gasteiger partial charge in [-0.15, -0.1) is 11.3 Å². The Labute approximate surface area is 178 Å². The average molecular weight is 410 g/mol. The zero-order valence-electron chi connectivity index (χ0n) is 16.3.